The Labute approximate surface area is 107 Å². The summed E-state index contributed by atoms with van der Waals surface area (Å²) in [6.45, 7) is 2.69. The fourth-order valence-electron chi connectivity index (χ4n) is 1.06. The molecule has 1 rings (SSSR count). The molecule has 0 aliphatic heterocycles. The molecule has 1 aromatic heterocycles. The van der Waals surface area contributed by atoms with Gasteiger partial charge in [0.25, 0.3) is 5.56 Å². The Morgan fingerprint density at radius 2 is 2.17 bits per heavy atom. The molecule has 0 aliphatic rings. The highest BCUT2D eigenvalue weighted by atomic mass is 32.1. The molecule has 1 aromatic rings. The first-order valence-electron chi connectivity index (χ1n) is 5.29. The first-order valence-corrected chi connectivity index (χ1v) is 5.70. The predicted molar refractivity (Wildman–Crippen MR) is 69.4 cm³/mol. The van der Waals surface area contributed by atoms with Crippen LogP contribution in [0.3, 0.4) is 0 Å². The minimum Gasteiger partial charge on any atom is -0.493 e. The van der Waals surface area contributed by atoms with Crippen LogP contribution in [0.1, 0.15) is 19.8 Å². The Morgan fingerprint density at radius 3 is 2.78 bits per heavy atom. The molecule has 0 atom stereocenters. The molecule has 0 fully saturated rings. The van der Waals surface area contributed by atoms with Crippen molar-refractivity contribution < 1.29 is 5.11 Å². The highest BCUT2D eigenvalue weighted by Gasteiger charge is 2.07. The Kier molecular flexibility index (Phi) is 5.18. The van der Waals surface area contributed by atoms with E-state index in [2.05, 4.69) is 15.5 Å². The number of nitrogens with one attached hydrogen (secondary N) is 3. The molecule has 0 unspecified atom stereocenters. The molecule has 0 amide bonds. The second-order valence-electron chi connectivity index (χ2n) is 3.39. The molecule has 8 nitrogen and oxygen atoms in total. The van der Waals surface area contributed by atoms with Gasteiger partial charge >= 0.3 is 5.69 Å². The van der Waals surface area contributed by atoms with Crippen LogP contribution in [-0.2, 0) is 0 Å². The van der Waals surface area contributed by atoms with Crippen molar-refractivity contribution in [3.05, 3.63) is 20.8 Å². The summed E-state index contributed by atoms with van der Waals surface area (Å²) in [6, 6.07) is 0. The smallest absolute Gasteiger partial charge is 0.328 e. The van der Waals surface area contributed by atoms with Gasteiger partial charge in [0.2, 0.25) is 16.7 Å². The molecular formula is C9H13N5O3S. The number of aromatic nitrogens is 2. The molecule has 0 aliphatic carbocycles. The van der Waals surface area contributed by atoms with Gasteiger partial charge in [-0.05, 0) is 18.6 Å². The number of hydrogen-bond donors (Lipinski definition) is 4. The fourth-order valence-corrected chi connectivity index (χ4v) is 1.21. The van der Waals surface area contributed by atoms with Crippen molar-refractivity contribution in [3.63, 3.8) is 0 Å². The molecule has 4 N–H and O–H groups in total. The zero-order chi connectivity index (χ0) is 13.5. The lowest BCUT2D eigenvalue weighted by Crippen LogP contribution is -2.22. The summed E-state index contributed by atoms with van der Waals surface area (Å²) in [7, 11) is 0. The quantitative estimate of drug-likeness (QED) is 0.361. The first-order chi connectivity index (χ1) is 8.54. The third-order valence-electron chi connectivity index (χ3n) is 1.95. The summed E-state index contributed by atoms with van der Waals surface area (Å²) in [6.07, 6.45) is 1.94. The van der Waals surface area contributed by atoms with E-state index in [1.165, 1.54) is 0 Å². The minimum absolute atomic E-state index is 0.105. The van der Waals surface area contributed by atoms with Crippen molar-refractivity contribution in [1.82, 2.24) is 15.3 Å². The molecule has 18 heavy (non-hydrogen) atoms. The van der Waals surface area contributed by atoms with E-state index in [1.807, 2.05) is 16.9 Å². The lowest BCUT2D eigenvalue weighted by atomic mass is 10.3. The molecule has 98 valence electrons. The van der Waals surface area contributed by atoms with Crippen molar-refractivity contribution in [1.29, 1.82) is 0 Å². The third kappa shape index (κ3) is 4.09. The van der Waals surface area contributed by atoms with Gasteiger partial charge in [-0.15, -0.1) is 10.2 Å². The van der Waals surface area contributed by atoms with E-state index in [0.717, 1.165) is 12.8 Å². The number of unbranched alkanes of at least 4 members (excludes halogenated alkanes) is 1. The zero-order valence-corrected chi connectivity index (χ0v) is 10.5. The fraction of sp³-hybridized carbons (Fsp3) is 0.444. The van der Waals surface area contributed by atoms with E-state index in [9.17, 15) is 14.7 Å². The topological polar surface area (TPSA) is 123 Å². The van der Waals surface area contributed by atoms with E-state index in [-0.39, 0.29) is 5.11 Å². The maximum atomic E-state index is 11.3. The van der Waals surface area contributed by atoms with Crippen molar-refractivity contribution in [2.75, 3.05) is 6.54 Å². The molecule has 0 saturated heterocycles. The lowest BCUT2D eigenvalue weighted by Gasteiger charge is -2.00. The van der Waals surface area contributed by atoms with E-state index >= 15 is 0 Å². The van der Waals surface area contributed by atoms with Crippen LogP contribution in [0, 0.1) is 0 Å². The summed E-state index contributed by atoms with van der Waals surface area (Å²) in [4.78, 5) is 26.0. The molecule has 0 radical (unpaired) electrons. The van der Waals surface area contributed by atoms with Crippen molar-refractivity contribution in [3.8, 4) is 5.88 Å². The molecule has 0 aromatic carbocycles. The predicted octanol–water partition coefficient (Wildman–Crippen LogP) is 0.527. The van der Waals surface area contributed by atoms with Gasteiger partial charge in [0, 0.05) is 6.54 Å². The van der Waals surface area contributed by atoms with Crippen LogP contribution in [0.2, 0.25) is 0 Å². The van der Waals surface area contributed by atoms with Crippen LogP contribution in [-0.4, -0.2) is 26.7 Å². The summed E-state index contributed by atoms with van der Waals surface area (Å²) < 4.78 is 0. The Balaban J connectivity index is 2.76. The minimum atomic E-state index is -0.837. The average Bonchev–Trinajstić information content (AvgIpc) is 2.27. The Hall–Kier alpha value is -2.03. The normalized spacial score (nSPS) is 10.7. The van der Waals surface area contributed by atoms with Crippen molar-refractivity contribution in [2.45, 2.75) is 19.8 Å². The molecule has 0 bridgehead atoms. The Morgan fingerprint density at radius 1 is 1.44 bits per heavy atom. The van der Waals surface area contributed by atoms with Gasteiger partial charge in [0.15, 0.2) is 0 Å². The van der Waals surface area contributed by atoms with Crippen LogP contribution in [0.5, 0.6) is 5.88 Å². The molecule has 9 heteroatoms. The maximum Gasteiger partial charge on any atom is 0.328 e. The van der Waals surface area contributed by atoms with Gasteiger partial charge in [0.05, 0.1) is 0 Å². The van der Waals surface area contributed by atoms with E-state index < -0.39 is 22.8 Å². The van der Waals surface area contributed by atoms with Gasteiger partial charge in [-0.2, -0.15) is 0 Å². The highest BCUT2D eigenvalue weighted by Crippen LogP contribution is 2.15. The number of aromatic amines is 2. The van der Waals surface area contributed by atoms with Gasteiger partial charge in [-0.3, -0.25) is 14.8 Å². The van der Waals surface area contributed by atoms with Crippen LogP contribution in [0.25, 0.3) is 0 Å². The van der Waals surface area contributed by atoms with E-state index in [0.29, 0.717) is 6.54 Å². The average molecular weight is 271 g/mol. The molecular weight excluding hydrogens is 258 g/mol. The van der Waals surface area contributed by atoms with Crippen LogP contribution >= 0.6 is 12.2 Å². The number of nitrogens with zero attached hydrogens (tertiary/aromatic N) is 2. The second kappa shape index (κ2) is 6.64. The summed E-state index contributed by atoms with van der Waals surface area (Å²) >= 11 is 4.84. The number of hydrogen-bond acceptors (Lipinski definition) is 5. The number of rotatable bonds is 4. The second-order valence-corrected chi connectivity index (χ2v) is 3.78. The van der Waals surface area contributed by atoms with Crippen molar-refractivity contribution >= 4 is 23.0 Å². The zero-order valence-electron chi connectivity index (χ0n) is 9.69. The van der Waals surface area contributed by atoms with Crippen molar-refractivity contribution in [2.24, 2.45) is 10.2 Å². The third-order valence-corrected chi connectivity index (χ3v) is 2.17. The number of aromatic hydroxyl groups is 1. The molecule has 0 saturated carbocycles. The van der Waals surface area contributed by atoms with Crippen LogP contribution < -0.4 is 16.6 Å². The van der Waals surface area contributed by atoms with Gasteiger partial charge < -0.3 is 10.4 Å². The maximum absolute atomic E-state index is 11.3. The number of H-pyrrole nitrogens is 2. The number of thiocarbonyl (C=S) groups is 1. The number of azo groups is 1. The largest absolute Gasteiger partial charge is 0.493 e. The summed E-state index contributed by atoms with van der Waals surface area (Å²) in [5, 5.41) is 19.3. The van der Waals surface area contributed by atoms with Gasteiger partial charge in [0.1, 0.15) is 0 Å². The summed E-state index contributed by atoms with van der Waals surface area (Å²) in [5.41, 5.74) is -2.05. The summed E-state index contributed by atoms with van der Waals surface area (Å²) in [5.74, 6) is -0.649. The monoisotopic (exact) mass is 271 g/mol. The lowest BCUT2D eigenvalue weighted by molar-refractivity contribution is 0.450. The van der Waals surface area contributed by atoms with E-state index in [4.69, 9.17) is 12.2 Å². The van der Waals surface area contributed by atoms with E-state index in [1.54, 1.807) is 0 Å². The highest BCUT2D eigenvalue weighted by molar-refractivity contribution is 7.80. The SMILES string of the molecule is CCCCNC(=S)N=Nc1c(O)[nH]c(=O)[nH]c1=O. The molecule has 1 heterocycles. The van der Waals surface area contributed by atoms with Crippen LogP contribution in [0.15, 0.2) is 19.8 Å². The molecule has 0 spiro atoms. The van der Waals surface area contributed by atoms with Crippen LogP contribution in [0.4, 0.5) is 5.69 Å². The van der Waals surface area contributed by atoms with Gasteiger partial charge in [-0.1, -0.05) is 13.3 Å². The first kappa shape index (κ1) is 14.0. The standard InChI is InChI=1S/C9H13N5O3S/c1-2-3-4-10-9(18)14-13-5-6(15)11-8(17)12-7(5)16/h2-4H2,1H3,(H,10,18)(H3,11,12,15,16,17). The Bertz CT molecular complexity index is 562. The van der Waals surface area contributed by atoms with Gasteiger partial charge in [-0.25, -0.2) is 4.79 Å².